The molecule has 0 rings (SSSR count). The standard InChI is InChI=1S/C9H15NO5S/c1-3-15-9(13)7(10-14)8(12)6(2)16-5-4-11/h6,11-12H,3-5H2,1-2H3. The van der Waals surface area contributed by atoms with Crippen LogP contribution in [-0.2, 0) is 9.53 Å². The number of hydrogen-bond acceptors (Lipinski definition) is 7. The zero-order valence-corrected chi connectivity index (χ0v) is 9.99. The summed E-state index contributed by atoms with van der Waals surface area (Å²) in [7, 11) is 0. The van der Waals surface area contributed by atoms with Gasteiger partial charge in [0.25, 0.3) is 0 Å². The SMILES string of the molecule is CCOC(=O)C(N=O)=C(O)C(C)SCCO. The highest BCUT2D eigenvalue weighted by molar-refractivity contribution is 8.00. The van der Waals surface area contributed by atoms with Crippen LogP contribution in [0.5, 0.6) is 0 Å². The molecule has 6 nitrogen and oxygen atoms in total. The van der Waals surface area contributed by atoms with Crippen molar-refractivity contribution in [2.24, 2.45) is 5.18 Å². The van der Waals surface area contributed by atoms with Gasteiger partial charge >= 0.3 is 5.97 Å². The van der Waals surface area contributed by atoms with Gasteiger partial charge in [-0.2, -0.15) is 0 Å². The minimum absolute atomic E-state index is 0.0501. The van der Waals surface area contributed by atoms with E-state index >= 15 is 0 Å². The molecule has 0 aliphatic rings. The molecule has 0 aromatic heterocycles. The van der Waals surface area contributed by atoms with Crippen molar-refractivity contribution < 1.29 is 19.7 Å². The van der Waals surface area contributed by atoms with E-state index in [0.29, 0.717) is 5.75 Å². The van der Waals surface area contributed by atoms with Gasteiger partial charge in [0.2, 0.25) is 5.70 Å². The first-order valence-corrected chi connectivity index (χ1v) is 5.79. The molecule has 92 valence electrons. The summed E-state index contributed by atoms with van der Waals surface area (Å²) >= 11 is 1.20. The number of hydrogen-bond donors (Lipinski definition) is 2. The number of aliphatic hydroxyl groups is 2. The lowest BCUT2D eigenvalue weighted by atomic mass is 10.3. The van der Waals surface area contributed by atoms with E-state index in [1.807, 2.05) is 0 Å². The minimum Gasteiger partial charge on any atom is -0.508 e. The Hall–Kier alpha value is -1.08. The lowest BCUT2D eigenvalue weighted by molar-refractivity contribution is -0.138. The predicted molar refractivity (Wildman–Crippen MR) is 61.1 cm³/mol. The number of esters is 1. The Balaban J connectivity index is 4.71. The van der Waals surface area contributed by atoms with E-state index in [-0.39, 0.29) is 13.2 Å². The smallest absolute Gasteiger partial charge is 0.364 e. The number of nitroso groups, excluding NO2 is 1. The largest absolute Gasteiger partial charge is 0.508 e. The van der Waals surface area contributed by atoms with Gasteiger partial charge in [0.1, 0.15) is 5.76 Å². The Morgan fingerprint density at radius 2 is 2.19 bits per heavy atom. The molecule has 0 bridgehead atoms. The molecule has 0 aliphatic carbocycles. The first kappa shape index (κ1) is 14.9. The molecule has 0 aromatic rings. The molecule has 0 heterocycles. The van der Waals surface area contributed by atoms with E-state index < -0.39 is 22.7 Å². The topological polar surface area (TPSA) is 96.2 Å². The van der Waals surface area contributed by atoms with Crippen molar-refractivity contribution in [1.29, 1.82) is 0 Å². The second kappa shape index (κ2) is 8.12. The van der Waals surface area contributed by atoms with Gasteiger partial charge in [-0.05, 0) is 19.0 Å². The molecule has 2 N–H and O–H groups in total. The van der Waals surface area contributed by atoms with E-state index in [9.17, 15) is 14.8 Å². The van der Waals surface area contributed by atoms with Gasteiger partial charge in [-0.3, -0.25) is 0 Å². The second-order valence-corrected chi connectivity index (χ2v) is 4.23. The summed E-state index contributed by atoms with van der Waals surface area (Å²) < 4.78 is 4.56. The zero-order chi connectivity index (χ0) is 12.6. The Bertz CT molecular complexity index is 279. The van der Waals surface area contributed by atoms with Crippen LogP contribution < -0.4 is 0 Å². The Kier molecular flexibility index (Phi) is 7.57. The lowest BCUT2D eigenvalue weighted by Gasteiger charge is -2.10. The van der Waals surface area contributed by atoms with Gasteiger partial charge in [0, 0.05) is 5.75 Å². The number of thioether (sulfide) groups is 1. The van der Waals surface area contributed by atoms with Crippen LogP contribution in [0, 0.1) is 4.91 Å². The molecule has 0 radical (unpaired) electrons. The first-order valence-electron chi connectivity index (χ1n) is 4.74. The van der Waals surface area contributed by atoms with Gasteiger partial charge in [-0.15, -0.1) is 16.7 Å². The molecule has 7 heteroatoms. The van der Waals surface area contributed by atoms with Crippen molar-refractivity contribution in [2.75, 3.05) is 19.0 Å². The van der Waals surface area contributed by atoms with Crippen molar-refractivity contribution in [3.05, 3.63) is 16.4 Å². The normalized spacial score (nSPS) is 13.9. The number of rotatable bonds is 7. The van der Waals surface area contributed by atoms with Crippen LogP contribution in [0.4, 0.5) is 0 Å². The van der Waals surface area contributed by atoms with E-state index in [1.54, 1.807) is 13.8 Å². The maximum absolute atomic E-state index is 11.2. The Labute approximate surface area is 97.7 Å². The second-order valence-electron chi connectivity index (χ2n) is 2.78. The van der Waals surface area contributed by atoms with E-state index in [2.05, 4.69) is 9.91 Å². The zero-order valence-electron chi connectivity index (χ0n) is 9.17. The number of nitrogens with zero attached hydrogens (tertiary/aromatic N) is 1. The van der Waals surface area contributed by atoms with Crippen molar-refractivity contribution >= 4 is 17.7 Å². The fourth-order valence-electron chi connectivity index (χ4n) is 0.889. The van der Waals surface area contributed by atoms with Crippen LogP contribution >= 0.6 is 11.8 Å². The highest BCUT2D eigenvalue weighted by Gasteiger charge is 2.22. The molecule has 1 atom stereocenters. The summed E-state index contributed by atoms with van der Waals surface area (Å²) in [6.07, 6.45) is 0. The predicted octanol–water partition coefficient (Wildman–Crippen LogP) is 1.20. The average Bonchev–Trinajstić information content (AvgIpc) is 2.27. The summed E-state index contributed by atoms with van der Waals surface area (Å²) in [5.74, 6) is -0.974. The number of aliphatic hydroxyl groups excluding tert-OH is 2. The van der Waals surface area contributed by atoms with Gasteiger partial charge < -0.3 is 14.9 Å². The third-order valence-electron chi connectivity index (χ3n) is 1.65. The third kappa shape index (κ3) is 4.63. The van der Waals surface area contributed by atoms with E-state index in [1.165, 1.54) is 11.8 Å². The molecule has 1 unspecified atom stereocenters. The molecule has 16 heavy (non-hydrogen) atoms. The van der Waals surface area contributed by atoms with Crippen LogP contribution in [0.1, 0.15) is 13.8 Å². The molecular formula is C9H15NO5S. The molecule has 0 aromatic carbocycles. The number of ether oxygens (including phenoxy) is 1. The van der Waals surface area contributed by atoms with Crippen molar-refractivity contribution in [3.63, 3.8) is 0 Å². The summed E-state index contributed by atoms with van der Waals surface area (Å²) in [4.78, 5) is 21.6. The molecule has 0 aliphatic heterocycles. The number of carbonyl (C=O) groups is 1. The maximum atomic E-state index is 11.2. The Morgan fingerprint density at radius 1 is 1.56 bits per heavy atom. The highest BCUT2D eigenvalue weighted by Crippen LogP contribution is 2.20. The average molecular weight is 249 g/mol. The Morgan fingerprint density at radius 3 is 2.62 bits per heavy atom. The van der Waals surface area contributed by atoms with E-state index in [0.717, 1.165) is 0 Å². The summed E-state index contributed by atoms with van der Waals surface area (Å²) in [6.45, 7) is 3.23. The lowest BCUT2D eigenvalue weighted by Crippen LogP contribution is -2.13. The van der Waals surface area contributed by atoms with Crippen LogP contribution in [-0.4, -0.2) is 40.4 Å². The highest BCUT2D eigenvalue weighted by atomic mass is 32.2. The van der Waals surface area contributed by atoms with E-state index in [4.69, 9.17) is 5.11 Å². The number of carbonyl (C=O) groups excluding carboxylic acids is 1. The van der Waals surface area contributed by atoms with Gasteiger partial charge in [-0.1, -0.05) is 0 Å². The maximum Gasteiger partial charge on any atom is 0.364 e. The van der Waals surface area contributed by atoms with Crippen molar-refractivity contribution in [2.45, 2.75) is 19.1 Å². The van der Waals surface area contributed by atoms with Crippen molar-refractivity contribution in [1.82, 2.24) is 0 Å². The molecular weight excluding hydrogens is 234 g/mol. The molecule has 0 fully saturated rings. The van der Waals surface area contributed by atoms with Crippen LogP contribution in [0.2, 0.25) is 0 Å². The van der Waals surface area contributed by atoms with Gasteiger partial charge in [0.05, 0.1) is 18.5 Å². The fourth-order valence-corrected chi connectivity index (χ4v) is 1.62. The van der Waals surface area contributed by atoms with Gasteiger partial charge in [0.15, 0.2) is 0 Å². The molecule has 0 saturated carbocycles. The summed E-state index contributed by atoms with van der Waals surface area (Å²) in [5, 5.41) is 20.1. The quantitative estimate of drug-likeness (QED) is 0.304. The first-order chi connectivity index (χ1) is 7.58. The molecule has 0 spiro atoms. The third-order valence-corrected chi connectivity index (χ3v) is 2.79. The van der Waals surface area contributed by atoms with Gasteiger partial charge in [-0.25, -0.2) is 4.79 Å². The monoisotopic (exact) mass is 249 g/mol. The van der Waals surface area contributed by atoms with Crippen LogP contribution in [0.3, 0.4) is 0 Å². The summed E-state index contributed by atoms with van der Waals surface area (Å²) in [5.41, 5.74) is -0.611. The minimum atomic E-state index is -0.938. The van der Waals surface area contributed by atoms with Crippen molar-refractivity contribution in [3.8, 4) is 0 Å². The van der Waals surface area contributed by atoms with Crippen LogP contribution in [0.25, 0.3) is 0 Å². The fraction of sp³-hybridized carbons (Fsp3) is 0.667. The molecule has 0 amide bonds. The summed E-state index contributed by atoms with van der Waals surface area (Å²) in [6, 6.07) is 0. The molecule has 0 saturated heterocycles. The van der Waals surface area contributed by atoms with Crippen LogP contribution in [0.15, 0.2) is 16.6 Å².